The van der Waals surface area contributed by atoms with Gasteiger partial charge in [0.15, 0.2) is 0 Å². The van der Waals surface area contributed by atoms with Gasteiger partial charge in [-0.1, -0.05) is 65.7 Å². The normalized spacial score (nSPS) is 21.5. The molecule has 0 radical (unpaired) electrons. The Morgan fingerprint density at radius 1 is 1.18 bits per heavy atom. The maximum Gasteiger partial charge on any atom is 0.137 e. The third kappa shape index (κ3) is 4.09. The van der Waals surface area contributed by atoms with Crippen LogP contribution >= 0.6 is 0 Å². The minimum atomic E-state index is -0.812. The Morgan fingerprint density at radius 2 is 1.86 bits per heavy atom. The summed E-state index contributed by atoms with van der Waals surface area (Å²) in [6, 6.07) is -0.0152. The van der Waals surface area contributed by atoms with Crippen LogP contribution in [0.2, 0.25) is 0 Å². The Balaban J connectivity index is 1.99. The number of hydrogen-bond donors (Lipinski definition) is 1. The summed E-state index contributed by atoms with van der Waals surface area (Å²) >= 11 is 0. The van der Waals surface area contributed by atoms with Crippen LogP contribution in [0.4, 0.5) is 0 Å². The molecule has 1 fully saturated rings. The molecule has 2 atom stereocenters. The summed E-state index contributed by atoms with van der Waals surface area (Å²) < 4.78 is 1.85. The molecule has 0 bridgehead atoms. The molecule has 1 heterocycles. The van der Waals surface area contributed by atoms with Crippen LogP contribution in [0.25, 0.3) is 0 Å². The molecule has 0 aromatic carbocycles. The lowest BCUT2D eigenvalue weighted by Gasteiger charge is -2.43. The molecule has 1 aromatic heterocycles. The average molecular weight is 307 g/mol. The quantitative estimate of drug-likeness (QED) is 0.849. The summed E-state index contributed by atoms with van der Waals surface area (Å²) in [5.41, 5.74) is -1.01. The van der Waals surface area contributed by atoms with Gasteiger partial charge in [0.05, 0.1) is 11.6 Å². The second kappa shape index (κ2) is 7.12. The molecule has 0 spiro atoms. The SMILES string of the molecule is CC(C)(C)C(C)(O)C(CCCC1CCCCC1)n1cncn1. The second-order valence-electron chi connectivity index (χ2n) is 8.22. The van der Waals surface area contributed by atoms with E-state index < -0.39 is 5.60 Å². The summed E-state index contributed by atoms with van der Waals surface area (Å²) in [5, 5.41) is 15.4. The van der Waals surface area contributed by atoms with Gasteiger partial charge in [0, 0.05) is 0 Å². The molecule has 1 aliphatic carbocycles. The standard InChI is InChI=1S/C18H33N3O/c1-17(2,3)18(4,22)16(21-14-19-13-20-21)12-8-11-15-9-6-5-7-10-15/h13-16,22H,5-12H2,1-4H3. The Hall–Kier alpha value is -0.900. The monoisotopic (exact) mass is 307 g/mol. The Kier molecular flexibility index (Phi) is 5.65. The fraction of sp³-hybridized carbons (Fsp3) is 0.889. The van der Waals surface area contributed by atoms with Gasteiger partial charge in [-0.15, -0.1) is 0 Å². The topological polar surface area (TPSA) is 50.9 Å². The molecule has 1 aliphatic rings. The van der Waals surface area contributed by atoms with Crippen LogP contribution in [0.5, 0.6) is 0 Å². The lowest BCUT2D eigenvalue weighted by atomic mass is 9.71. The Morgan fingerprint density at radius 3 is 2.41 bits per heavy atom. The molecule has 1 N–H and O–H groups in total. The van der Waals surface area contributed by atoms with E-state index in [1.54, 1.807) is 12.7 Å². The maximum atomic E-state index is 11.1. The molecule has 0 aliphatic heterocycles. The van der Waals surface area contributed by atoms with Gasteiger partial charge < -0.3 is 5.11 Å². The summed E-state index contributed by atoms with van der Waals surface area (Å²) in [5.74, 6) is 0.893. The molecule has 126 valence electrons. The van der Waals surface area contributed by atoms with E-state index in [0.29, 0.717) is 0 Å². The predicted molar refractivity (Wildman–Crippen MR) is 89.6 cm³/mol. The van der Waals surface area contributed by atoms with E-state index >= 15 is 0 Å². The van der Waals surface area contributed by atoms with Gasteiger partial charge in [0.2, 0.25) is 0 Å². The number of hydrogen-bond acceptors (Lipinski definition) is 3. The van der Waals surface area contributed by atoms with E-state index in [1.165, 1.54) is 38.5 Å². The van der Waals surface area contributed by atoms with Crippen LogP contribution in [-0.2, 0) is 0 Å². The lowest BCUT2D eigenvalue weighted by molar-refractivity contribution is -0.0895. The van der Waals surface area contributed by atoms with Gasteiger partial charge in [0.25, 0.3) is 0 Å². The van der Waals surface area contributed by atoms with Crippen molar-refractivity contribution < 1.29 is 5.11 Å². The predicted octanol–water partition coefficient (Wildman–Crippen LogP) is 4.37. The van der Waals surface area contributed by atoms with Crippen molar-refractivity contribution in [3.05, 3.63) is 12.7 Å². The molecule has 4 nitrogen and oxygen atoms in total. The molecule has 22 heavy (non-hydrogen) atoms. The molecule has 1 saturated carbocycles. The van der Waals surface area contributed by atoms with Crippen LogP contribution in [0.15, 0.2) is 12.7 Å². The summed E-state index contributed by atoms with van der Waals surface area (Å²) in [6.07, 6.45) is 13.7. The van der Waals surface area contributed by atoms with Gasteiger partial charge in [-0.2, -0.15) is 5.10 Å². The van der Waals surface area contributed by atoms with Crippen molar-refractivity contribution in [2.75, 3.05) is 0 Å². The van der Waals surface area contributed by atoms with Gasteiger partial charge in [0.1, 0.15) is 12.7 Å². The van der Waals surface area contributed by atoms with E-state index in [1.807, 2.05) is 11.6 Å². The van der Waals surface area contributed by atoms with Crippen molar-refractivity contribution >= 4 is 0 Å². The zero-order valence-corrected chi connectivity index (χ0v) is 14.8. The van der Waals surface area contributed by atoms with Crippen molar-refractivity contribution in [2.24, 2.45) is 11.3 Å². The highest BCUT2D eigenvalue weighted by Crippen LogP contribution is 2.41. The Labute approximate surface area is 135 Å². The van der Waals surface area contributed by atoms with Gasteiger partial charge in [-0.05, 0) is 24.7 Å². The number of rotatable bonds is 6. The molecule has 2 rings (SSSR count). The fourth-order valence-electron chi connectivity index (χ4n) is 3.62. The molecule has 0 saturated heterocycles. The minimum absolute atomic E-state index is 0.0152. The van der Waals surface area contributed by atoms with Crippen LogP contribution in [0, 0.1) is 11.3 Å². The smallest absolute Gasteiger partial charge is 0.137 e. The largest absolute Gasteiger partial charge is 0.387 e. The first kappa shape index (κ1) is 17.5. The zero-order chi connectivity index (χ0) is 16.2. The van der Waals surface area contributed by atoms with Gasteiger partial charge in [-0.25, -0.2) is 9.67 Å². The minimum Gasteiger partial charge on any atom is -0.387 e. The highest BCUT2D eigenvalue weighted by atomic mass is 16.3. The van der Waals surface area contributed by atoms with Gasteiger partial charge in [-0.3, -0.25) is 0 Å². The molecule has 0 amide bonds. The van der Waals surface area contributed by atoms with E-state index in [4.69, 9.17) is 0 Å². The molecule has 4 heteroatoms. The number of nitrogens with zero attached hydrogens (tertiary/aromatic N) is 3. The first-order valence-electron chi connectivity index (χ1n) is 8.89. The second-order valence-corrected chi connectivity index (χ2v) is 8.22. The van der Waals surface area contributed by atoms with Crippen molar-refractivity contribution in [1.82, 2.24) is 14.8 Å². The maximum absolute atomic E-state index is 11.1. The third-order valence-corrected chi connectivity index (χ3v) is 5.74. The fourth-order valence-corrected chi connectivity index (χ4v) is 3.62. The first-order valence-corrected chi connectivity index (χ1v) is 8.89. The van der Waals surface area contributed by atoms with Crippen LogP contribution in [-0.4, -0.2) is 25.5 Å². The van der Waals surface area contributed by atoms with Crippen LogP contribution < -0.4 is 0 Å². The van der Waals surface area contributed by atoms with Crippen LogP contribution in [0.1, 0.15) is 85.1 Å². The van der Waals surface area contributed by atoms with Gasteiger partial charge >= 0.3 is 0 Å². The van der Waals surface area contributed by atoms with Crippen molar-refractivity contribution in [3.63, 3.8) is 0 Å². The molecule has 2 unspecified atom stereocenters. The third-order valence-electron chi connectivity index (χ3n) is 5.74. The van der Waals surface area contributed by atoms with Crippen molar-refractivity contribution in [3.8, 4) is 0 Å². The summed E-state index contributed by atoms with van der Waals surface area (Å²) in [6.45, 7) is 8.23. The van der Waals surface area contributed by atoms with Crippen molar-refractivity contribution in [1.29, 1.82) is 0 Å². The average Bonchev–Trinajstić information content (AvgIpc) is 2.97. The van der Waals surface area contributed by atoms with E-state index in [0.717, 1.165) is 18.8 Å². The van der Waals surface area contributed by atoms with E-state index in [2.05, 4.69) is 30.9 Å². The Bertz CT molecular complexity index is 428. The zero-order valence-electron chi connectivity index (χ0n) is 14.8. The first-order chi connectivity index (χ1) is 10.3. The molecular weight excluding hydrogens is 274 g/mol. The highest BCUT2D eigenvalue weighted by Gasteiger charge is 2.43. The van der Waals surface area contributed by atoms with Crippen molar-refractivity contribution in [2.45, 2.75) is 90.7 Å². The van der Waals surface area contributed by atoms with E-state index in [-0.39, 0.29) is 11.5 Å². The molecule has 1 aromatic rings. The molecular formula is C18H33N3O. The van der Waals surface area contributed by atoms with E-state index in [9.17, 15) is 5.11 Å². The summed E-state index contributed by atoms with van der Waals surface area (Å²) in [4.78, 5) is 4.08. The number of aromatic nitrogens is 3. The summed E-state index contributed by atoms with van der Waals surface area (Å²) in [7, 11) is 0. The highest BCUT2D eigenvalue weighted by molar-refractivity contribution is 4.95. The van der Waals surface area contributed by atoms with Crippen LogP contribution in [0.3, 0.4) is 0 Å². The number of aliphatic hydroxyl groups is 1. The lowest BCUT2D eigenvalue weighted by Crippen LogP contribution is -2.47.